The van der Waals surface area contributed by atoms with Crippen molar-refractivity contribution in [3.8, 4) is 11.4 Å². The van der Waals surface area contributed by atoms with Crippen LogP contribution >= 0.6 is 0 Å². The van der Waals surface area contributed by atoms with Crippen molar-refractivity contribution < 1.29 is 4.57 Å². The Bertz CT molecular complexity index is 827. The molecule has 106 valence electrons. The molecule has 3 aromatic rings. The lowest BCUT2D eigenvalue weighted by atomic mass is 9.97. The van der Waals surface area contributed by atoms with Crippen LogP contribution in [-0.4, -0.2) is 4.98 Å². The van der Waals surface area contributed by atoms with E-state index in [1.807, 2.05) is 0 Å². The Kier molecular flexibility index (Phi) is 2.85. The largest absolute Gasteiger partial charge is 0.349 e. The second-order valence-electron chi connectivity index (χ2n) is 5.88. The van der Waals surface area contributed by atoms with Gasteiger partial charge in [-0.3, -0.25) is 0 Å². The molecule has 1 aliphatic heterocycles. The van der Waals surface area contributed by atoms with Gasteiger partial charge in [0.15, 0.2) is 12.7 Å². The van der Waals surface area contributed by atoms with Gasteiger partial charge in [0.25, 0.3) is 0 Å². The fourth-order valence-corrected chi connectivity index (χ4v) is 3.64. The highest BCUT2D eigenvalue weighted by atomic mass is 15.0. The molecular weight excluding hydrogens is 256 g/mol. The van der Waals surface area contributed by atoms with Crippen LogP contribution in [0, 0.1) is 0 Å². The highest BCUT2D eigenvalue weighted by molar-refractivity contribution is 5.90. The van der Waals surface area contributed by atoms with Gasteiger partial charge in [0.1, 0.15) is 5.69 Å². The van der Waals surface area contributed by atoms with Crippen LogP contribution in [-0.2, 0) is 25.8 Å². The summed E-state index contributed by atoms with van der Waals surface area (Å²) in [5.41, 5.74) is 8.38. The molecule has 1 aromatic carbocycles. The number of pyridine rings is 1. The van der Waals surface area contributed by atoms with Gasteiger partial charge < -0.3 is 4.98 Å². The zero-order valence-corrected chi connectivity index (χ0v) is 12.7. The van der Waals surface area contributed by atoms with E-state index in [0.717, 1.165) is 25.8 Å². The third kappa shape index (κ3) is 1.82. The van der Waals surface area contributed by atoms with Gasteiger partial charge in [-0.05, 0) is 30.0 Å². The summed E-state index contributed by atoms with van der Waals surface area (Å²) in [5, 5.41) is 1.39. The summed E-state index contributed by atoms with van der Waals surface area (Å²) in [4.78, 5) is 3.64. The molecule has 0 saturated carbocycles. The second kappa shape index (κ2) is 4.73. The Labute approximate surface area is 125 Å². The number of aromatic amines is 1. The lowest BCUT2D eigenvalue weighted by molar-refractivity contribution is -0.688. The summed E-state index contributed by atoms with van der Waals surface area (Å²) in [7, 11) is 0. The van der Waals surface area contributed by atoms with Crippen LogP contribution in [0.2, 0.25) is 0 Å². The lowest BCUT2D eigenvalue weighted by Crippen LogP contribution is -2.40. The monoisotopic (exact) mass is 277 g/mol. The second-order valence-corrected chi connectivity index (χ2v) is 5.88. The number of para-hydroxylation sites is 1. The molecule has 4 rings (SSSR count). The number of nitrogens with one attached hydrogen (secondary N) is 1. The average molecular weight is 277 g/mol. The minimum Gasteiger partial charge on any atom is -0.349 e. The summed E-state index contributed by atoms with van der Waals surface area (Å²) < 4.78 is 2.43. The van der Waals surface area contributed by atoms with Crippen LogP contribution in [0.25, 0.3) is 22.3 Å². The molecule has 0 bridgehead atoms. The van der Waals surface area contributed by atoms with Gasteiger partial charge in [0.05, 0.1) is 0 Å². The third-order valence-corrected chi connectivity index (χ3v) is 4.78. The molecule has 0 atom stereocenters. The zero-order chi connectivity index (χ0) is 14.4. The summed E-state index contributed by atoms with van der Waals surface area (Å²) in [6.07, 6.45) is 5.70. The minimum atomic E-state index is 1.08. The lowest BCUT2D eigenvalue weighted by Gasteiger charge is -2.14. The third-order valence-electron chi connectivity index (χ3n) is 4.78. The van der Waals surface area contributed by atoms with E-state index in [1.54, 1.807) is 0 Å². The Morgan fingerprint density at radius 1 is 1.10 bits per heavy atom. The maximum absolute atomic E-state index is 3.64. The van der Waals surface area contributed by atoms with Crippen LogP contribution in [0.15, 0.2) is 36.5 Å². The van der Waals surface area contributed by atoms with Crippen molar-refractivity contribution in [3.63, 3.8) is 0 Å². The van der Waals surface area contributed by atoms with Crippen LogP contribution in [0.3, 0.4) is 0 Å². The normalized spacial score (nSPS) is 13.2. The van der Waals surface area contributed by atoms with E-state index in [1.165, 1.54) is 39.0 Å². The maximum Gasteiger partial charge on any atom is 0.229 e. The Morgan fingerprint density at radius 3 is 2.71 bits per heavy atom. The predicted octanol–water partition coefficient (Wildman–Crippen LogP) is 3.80. The molecule has 2 nitrogen and oxygen atoms in total. The molecule has 0 unspecified atom stereocenters. The molecular formula is C19H21N2+. The van der Waals surface area contributed by atoms with Gasteiger partial charge in [-0.1, -0.05) is 32.0 Å². The Hall–Kier alpha value is -2.09. The van der Waals surface area contributed by atoms with Crippen molar-refractivity contribution in [2.24, 2.45) is 0 Å². The van der Waals surface area contributed by atoms with Crippen LogP contribution in [0.1, 0.15) is 30.5 Å². The Balaban J connectivity index is 1.99. The zero-order valence-electron chi connectivity index (χ0n) is 12.7. The van der Waals surface area contributed by atoms with Gasteiger partial charge >= 0.3 is 0 Å². The van der Waals surface area contributed by atoms with Crippen molar-refractivity contribution >= 4 is 10.9 Å². The van der Waals surface area contributed by atoms with Crippen molar-refractivity contribution in [2.45, 2.75) is 39.7 Å². The van der Waals surface area contributed by atoms with E-state index in [2.05, 4.69) is 59.9 Å². The standard InChI is InChI=1S/C19H20N2/c1-3-13-11-18-19-16(9-10-21(18)12-14(13)4-2)15-7-5-6-8-17(15)20-19/h5-8,11-12H,3-4,9-10H2,1-2H3/p+1. The molecule has 0 spiro atoms. The quantitative estimate of drug-likeness (QED) is 0.687. The molecule has 3 heterocycles. The topological polar surface area (TPSA) is 19.7 Å². The molecule has 2 heteroatoms. The summed E-state index contributed by atoms with van der Waals surface area (Å²) in [5.74, 6) is 0. The smallest absolute Gasteiger partial charge is 0.229 e. The number of H-pyrrole nitrogens is 1. The first-order valence-electron chi connectivity index (χ1n) is 7.97. The molecule has 1 aliphatic rings. The number of aromatic nitrogens is 2. The summed E-state index contributed by atoms with van der Waals surface area (Å²) >= 11 is 0. The van der Waals surface area contributed by atoms with E-state index in [0.29, 0.717) is 0 Å². The van der Waals surface area contributed by atoms with E-state index in [4.69, 9.17) is 0 Å². The van der Waals surface area contributed by atoms with Gasteiger partial charge in [-0.2, -0.15) is 4.57 Å². The average Bonchev–Trinajstić information content (AvgIpc) is 2.92. The minimum absolute atomic E-state index is 1.08. The highest BCUT2D eigenvalue weighted by Crippen LogP contribution is 2.32. The summed E-state index contributed by atoms with van der Waals surface area (Å²) in [6, 6.07) is 11.1. The number of fused-ring (bicyclic) bond motifs is 5. The van der Waals surface area contributed by atoms with E-state index >= 15 is 0 Å². The number of aryl methyl sites for hydroxylation is 4. The van der Waals surface area contributed by atoms with E-state index < -0.39 is 0 Å². The number of nitrogens with zero attached hydrogens (tertiary/aromatic N) is 1. The first-order chi connectivity index (χ1) is 10.3. The van der Waals surface area contributed by atoms with Crippen molar-refractivity contribution in [1.29, 1.82) is 0 Å². The molecule has 0 aliphatic carbocycles. The number of hydrogen-bond donors (Lipinski definition) is 1. The molecule has 0 fully saturated rings. The number of hydrogen-bond acceptors (Lipinski definition) is 0. The van der Waals surface area contributed by atoms with E-state index in [-0.39, 0.29) is 0 Å². The molecule has 0 saturated heterocycles. The van der Waals surface area contributed by atoms with Crippen molar-refractivity contribution in [1.82, 2.24) is 4.98 Å². The van der Waals surface area contributed by atoms with Gasteiger partial charge in [0.2, 0.25) is 5.69 Å². The molecule has 21 heavy (non-hydrogen) atoms. The van der Waals surface area contributed by atoms with Crippen molar-refractivity contribution in [3.05, 3.63) is 53.2 Å². The van der Waals surface area contributed by atoms with Gasteiger partial charge in [0, 0.05) is 29.0 Å². The Morgan fingerprint density at radius 2 is 1.90 bits per heavy atom. The fourth-order valence-electron chi connectivity index (χ4n) is 3.64. The van der Waals surface area contributed by atoms with Crippen molar-refractivity contribution in [2.75, 3.05) is 0 Å². The van der Waals surface area contributed by atoms with Crippen LogP contribution in [0.5, 0.6) is 0 Å². The highest BCUT2D eigenvalue weighted by Gasteiger charge is 2.27. The van der Waals surface area contributed by atoms with E-state index in [9.17, 15) is 0 Å². The SMILES string of the molecule is CCc1cc2[n+](cc1CC)CCc1c-2[nH]c2ccccc12. The van der Waals surface area contributed by atoms with Crippen LogP contribution in [0.4, 0.5) is 0 Å². The molecule has 0 radical (unpaired) electrons. The summed E-state index contributed by atoms with van der Waals surface area (Å²) in [6.45, 7) is 5.58. The first kappa shape index (κ1) is 12.6. The number of rotatable bonds is 2. The number of benzene rings is 1. The predicted molar refractivity (Wildman–Crippen MR) is 86.4 cm³/mol. The molecule has 2 aromatic heterocycles. The molecule has 0 amide bonds. The first-order valence-corrected chi connectivity index (χ1v) is 7.97. The fraction of sp³-hybridized carbons (Fsp3) is 0.316. The van der Waals surface area contributed by atoms with Gasteiger partial charge in [-0.15, -0.1) is 0 Å². The van der Waals surface area contributed by atoms with Crippen LogP contribution < -0.4 is 4.57 Å². The maximum atomic E-state index is 3.64. The molecule has 1 N–H and O–H groups in total. The van der Waals surface area contributed by atoms with Gasteiger partial charge in [-0.25, -0.2) is 0 Å².